The molecule has 4 heteroatoms. The van der Waals surface area contributed by atoms with E-state index in [1.165, 1.54) is 6.08 Å². The number of carbonyl (C=O) groups excluding carboxylic acids is 1. The molecule has 1 aromatic heterocycles. The number of nitrogens with zero attached hydrogens (tertiary/aromatic N) is 2. The van der Waals surface area contributed by atoms with Gasteiger partial charge in [-0.1, -0.05) is 36.9 Å². The van der Waals surface area contributed by atoms with Crippen LogP contribution in [0.25, 0.3) is 11.1 Å². The van der Waals surface area contributed by atoms with Gasteiger partial charge in [-0.05, 0) is 18.6 Å². The molecule has 0 spiro atoms. The Labute approximate surface area is 105 Å². The van der Waals surface area contributed by atoms with Gasteiger partial charge in [-0.2, -0.15) is 0 Å². The molecule has 90 valence electrons. The highest BCUT2D eigenvalue weighted by atomic mass is 16.1. The van der Waals surface area contributed by atoms with E-state index < -0.39 is 0 Å². The number of anilines is 1. The number of aromatic nitrogens is 2. The minimum Gasteiger partial charge on any atom is -0.291 e. The normalized spacial score (nSPS) is 9.83. The summed E-state index contributed by atoms with van der Waals surface area (Å²) in [7, 11) is 0. The number of hydrogen-bond acceptors (Lipinski definition) is 3. The zero-order chi connectivity index (χ0) is 13.0. The third-order valence-corrected chi connectivity index (χ3v) is 2.48. The molecule has 0 fully saturated rings. The molecular formula is C14H13N3O. The summed E-state index contributed by atoms with van der Waals surface area (Å²) in [5, 5.41) is 2.53. The molecule has 2 aromatic rings. The van der Waals surface area contributed by atoms with Gasteiger partial charge >= 0.3 is 0 Å². The number of carbonyl (C=O) groups is 1. The summed E-state index contributed by atoms with van der Waals surface area (Å²) in [6.07, 6.45) is 2.89. The molecule has 0 atom stereocenters. The van der Waals surface area contributed by atoms with Gasteiger partial charge in [0.05, 0.1) is 5.69 Å². The summed E-state index contributed by atoms with van der Waals surface area (Å²) >= 11 is 0. The van der Waals surface area contributed by atoms with Crippen LogP contribution >= 0.6 is 0 Å². The van der Waals surface area contributed by atoms with Gasteiger partial charge in [-0.15, -0.1) is 0 Å². The molecule has 0 radical (unpaired) electrons. The molecule has 1 amide bonds. The van der Waals surface area contributed by atoms with Crippen LogP contribution in [0.15, 0.2) is 49.2 Å². The molecule has 1 N–H and O–H groups in total. The summed E-state index contributed by atoms with van der Waals surface area (Å²) in [5.74, 6) is -0.0288. The molecule has 0 bridgehead atoms. The second-order valence-corrected chi connectivity index (χ2v) is 3.75. The largest absolute Gasteiger partial charge is 0.291 e. The predicted octanol–water partition coefficient (Wildman–Crippen LogP) is 2.58. The number of benzene rings is 1. The molecule has 4 nitrogen and oxygen atoms in total. The predicted molar refractivity (Wildman–Crippen MR) is 71.0 cm³/mol. The van der Waals surface area contributed by atoms with Crippen LogP contribution in [0.4, 0.5) is 5.95 Å². The lowest BCUT2D eigenvalue weighted by atomic mass is 10.1. The summed E-state index contributed by atoms with van der Waals surface area (Å²) in [6.45, 7) is 5.26. The average molecular weight is 239 g/mol. The van der Waals surface area contributed by atoms with Crippen molar-refractivity contribution in [1.29, 1.82) is 0 Å². The van der Waals surface area contributed by atoms with E-state index in [9.17, 15) is 4.79 Å². The molecule has 0 saturated carbocycles. The van der Waals surface area contributed by atoms with Crippen molar-refractivity contribution < 1.29 is 4.79 Å². The van der Waals surface area contributed by atoms with Crippen LogP contribution in [-0.4, -0.2) is 15.9 Å². The molecule has 2 rings (SSSR count). The summed E-state index contributed by atoms with van der Waals surface area (Å²) in [5.41, 5.74) is 2.82. The second-order valence-electron chi connectivity index (χ2n) is 3.75. The minimum atomic E-state index is -0.318. The third kappa shape index (κ3) is 2.60. The number of hydrogen-bond donors (Lipinski definition) is 1. The van der Waals surface area contributed by atoms with Crippen LogP contribution in [0.5, 0.6) is 0 Å². The Hall–Kier alpha value is -2.49. The van der Waals surface area contributed by atoms with E-state index in [0.717, 1.165) is 16.8 Å². The van der Waals surface area contributed by atoms with Crippen molar-refractivity contribution in [2.45, 2.75) is 6.92 Å². The standard InChI is InChI=1S/C14H13N3O/c1-3-13(18)17-14-15-9-12(10(2)16-14)11-7-5-4-6-8-11/h3-9H,1H2,2H3,(H,15,16,17,18). The lowest BCUT2D eigenvalue weighted by molar-refractivity contribution is -0.111. The van der Waals surface area contributed by atoms with Gasteiger partial charge in [0.2, 0.25) is 11.9 Å². The second kappa shape index (κ2) is 5.23. The summed E-state index contributed by atoms with van der Waals surface area (Å²) in [4.78, 5) is 19.5. The highest BCUT2D eigenvalue weighted by Crippen LogP contribution is 2.21. The van der Waals surface area contributed by atoms with Gasteiger partial charge in [0, 0.05) is 11.8 Å². The Balaban J connectivity index is 2.31. The van der Waals surface area contributed by atoms with Crippen molar-refractivity contribution in [3.8, 4) is 11.1 Å². The van der Waals surface area contributed by atoms with Crippen LogP contribution < -0.4 is 5.32 Å². The topological polar surface area (TPSA) is 54.9 Å². The first-order chi connectivity index (χ1) is 8.70. The van der Waals surface area contributed by atoms with Crippen molar-refractivity contribution in [2.24, 2.45) is 0 Å². The van der Waals surface area contributed by atoms with E-state index in [2.05, 4.69) is 21.9 Å². The Kier molecular flexibility index (Phi) is 3.48. The van der Waals surface area contributed by atoms with E-state index in [-0.39, 0.29) is 11.9 Å². The zero-order valence-electron chi connectivity index (χ0n) is 10.1. The van der Waals surface area contributed by atoms with E-state index in [1.807, 2.05) is 37.3 Å². The van der Waals surface area contributed by atoms with Gasteiger partial charge in [-0.25, -0.2) is 9.97 Å². The van der Waals surface area contributed by atoms with Crippen molar-refractivity contribution in [2.75, 3.05) is 5.32 Å². The Morgan fingerprint density at radius 1 is 1.33 bits per heavy atom. The van der Waals surface area contributed by atoms with Crippen LogP contribution in [0.1, 0.15) is 5.69 Å². The molecule has 0 unspecified atom stereocenters. The van der Waals surface area contributed by atoms with Crippen molar-refractivity contribution in [3.63, 3.8) is 0 Å². The summed E-state index contributed by atoms with van der Waals surface area (Å²) in [6, 6.07) is 9.87. The maximum atomic E-state index is 11.1. The van der Waals surface area contributed by atoms with Crippen molar-refractivity contribution >= 4 is 11.9 Å². The lowest BCUT2D eigenvalue weighted by Crippen LogP contribution is -2.11. The van der Waals surface area contributed by atoms with E-state index >= 15 is 0 Å². The van der Waals surface area contributed by atoms with Crippen molar-refractivity contribution in [3.05, 3.63) is 54.9 Å². The van der Waals surface area contributed by atoms with E-state index in [1.54, 1.807) is 6.20 Å². The SMILES string of the molecule is C=CC(=O)Nc1ncc(-c2ccccc2)c(C)n1. The van der Waals surface area contributed by atoms with Gasteiger partial charge in [0.15, 0.2) is 0 Å². The van der Waals surface area contributed by atoms with Crippen LogP contribution in [-0.2, 0) is 4.79 Å². The van der Waals surface area contributed by atoms with Crippen LogP contribution in [0.2, 0.25) is 0 Å². The Morgan fingerprint density at radius 3 is 2.67 bits per heavy atom. The molecule has 1 aromatic carbocycles. The quantitative estimate of drug-likeness (QED) is 0.837. The fraction of sp³-hybridized carbons (Fsp3) is 0.0714. The molecular weight excluding hydrogens is 226 g/mol. The highest BCUT2D eigenvalue weighted by molar-refractivity contribution is 5.97. The van der Waals surface area contributed by atoms with Gasteiger partial charge in [0.1, 0.15) is 0 Å². The van der Waals surface area contributed by atoms with Gasteiger partial charge in [-0.3, -0.25) is 10.1 Å². The van der Waals surface area contributed by atoms with E-state index in [0.29, 0.717) is 0 Å². The monoisotopic (exact) mass is 239 g/mol. The maximum Gasteiger partial charge on any atom is 0.250 e. The third-order valence-electron chi connectivity index (χ3n) is 2.48. The zero-order valence-corrected chi connectivity index (χ0v) is 10.1. The Bertz CT molecular complexity index is 579. The fourth-order valence-corrected chi connectivity index (χ4v) is 1.59. The number of nitrogens with one attached hydrogen (secondary N) is 1. The summed E-state index contributed by atoms with van der Waals surface area (Å²) < 4.78 is 0. The van der Waals surface area contributed by atoms with Crippen LogP contribution in [0.3, 0.4) is 0 Å². The number of amides is 1. The average Bonchev–Trinajstić information content (AvgIpc) is 2.40. The lowest BCUT2D eigenvalue weighted by Gasteiger charge is -2.07. The molecule has 0 saturated heterocycles. The number of rotatable bonds is 3. The van der Waals surface area contributed by atoms with Gasteiger partial charge < -0.3 is 0 Å². The number of aryl methyl sites for hydroxylation is 1. The van der Waals surface area contributed by atoms with E-state index in [4.69, 9.17) is 0 Å². The first kappa shape index (κ1) is 12.0. The minimum absolute atomic E-state index is 0.289. The van der Waals surface area contributed by atoms with Crippen LogP contribution in [0, 0.1) is 6.92 Å². The highest BCUT2D eigenvalue weighted by Gasteiger charge is 2.06. The molecule has 1 heterocycles. The first-order valence-electron chi connectivity index (χ1n) is 5.53. The van der Waals surface area contributed by atoms with Gasteiger partial charge in [0.25, 0.3) is 0 Å². The molecule has 18 heavy (non-hydrogen) atoms. The first-order valence-corrected chi connectivity index (χ1v) is 5.53. The molecule has 0 aliphatic carbocycles. The molecule has 0 aliphatic heterocycles. The van der Waals surface area contributed by atoms with Crippen molar-refractivity contribution in [1.82, 2.24) is 9.97 Å². The molecule has 0 aliphatic rings. The Morgan fingerprint density at radius 2 is 2.06 bits per heavy atom. The smallest absolute Gasteiger partial charge is 0.250 e. The fourth-order valence-electron chi connectivity index (χ4n) is 1.59. The maximum absolute atomic E-state index is 11.1.